The van der Waals surface area contributed by atoms with Gasteiger partial charge in [0, 0.05) is 6.42 Å². The Labute approximate surface area is 201 Å². The highest BCUT2D eigenvalue weighted by Gasteiger charge is 2.54. The van der Waals surface area contributed by atoms with E-state index in [9.17, 15) is 24.3 Å². The molecular formula is C24H42O10. The summed E-state index contributed by atoms with van der Waals surface area (Å²) in [7, 11) is 0. The van der Waals surface area contributed by atoms with Crippen LogP contribution in [0.4, 0.5) is 0 Å². The number of ether oxygens (including phenoxy) is 1. The SMILES string of the molecule is CCCCCCCCCCCCCCCCCC(=O)OC(C(=O)OO)C(O)(CC(=O)O)C(=O)O. The van der Waals surface area contributed by atoms with E-state index in [1.165, 1.54) is 64.2 Å². The Bertz CT molecular complexity index is 607. The number of carboxylic acids is 2. The van der Waals surface area contributed by atoms with Crippen LogP contribution in [0.25, 0.3) is 0 Å². The lowest BCUT2D eigenvalue weighted by Crippen LogP contribution is -2.56. The van der Waals surface area contributed by atoms with Crippen LogP contribution in [-0.2, 0) is 28.8 Å². The van der Waals surface area contributed by atoms with Gasteiger partial charge in [0.25, 0.3) is 0 Å². The molecule has 2 atom stereocenters. The molecule has 0 fully saturated rings. The lowest BCUT2D eigenvalue weighted by Gasteiger charge is -2.28. The van der Waals surface area contributed by atoms with Gasteiger partial charge in [0.2, 0.25) is 11.7 Å². The van der Waals surface area contributed by atoms with Crippen molar-refractivity contribution in [1.29, 1.82) is 0 Å². The second kappa shape index (κ2) is 19.1. The van der Waals surface area contributed by atoms with Gasteiger partial charge in [0.1, 0.15) is 0 Å². The molecule has 198 valence electrons. The van der Waals surface area contributed by atoms with E-state index in [1.54, 1.807) is 0 Å². The summed E-state index contributed by atoms with van der Waals surface area (Å²) in [4.78, 5) is 49.2. The number of unbranched alkanes of at least 4 members (excludes halogenated alkanes) is 14. The summed E-state index contributed by atoms with van der Waals surface area (Å²) in [5.41, 5.74) is -3.28. The second-order valence-electron chi connectivity index (χ2n) is 8.78. The van der Waals surface area contributed by atoms with Gasteiger partial charge >= 0.3 is 23.9 Å². The minimum atomic E-state index is -3.28. The van der Waals surface area contributed by atoms with Crippen molar-refractivity contribution < 1.29 is 49.4 Å². The molecule has 0 spiro atoms. The molecular weight excluding hydrogens is 448 g/mol. The largest absolute Gasteiger partial charge is 0.481 e. The molecule has 0 amide bonds. The molecule has 4 N–H and O–H groups in total. The predicted octanol–water partition coefficient (Wildman–Crippen LogP) is 4.47. The Hall–Kier alpha value is -2.20. The van der Waals surface area contributed by atoms with Crippen molar-refractivity contribution >= 4 is 23.9 Å². The molecule has 0 aliphatic rings. The number of rotatable bonds is 22. The molecule has 0 heterocycles. The van der Waals surface area contributed by atoms with E-state index in [0.717, 1.165) is 25.7 Å². The van der Waals surface area contributed by atoms with Crippen molar-refractivity contribution in [3.63, 3.8) is 0 Å². The van der Waals surface area contributed by atoms with Gasteiger partial charge in [0.05, 0.1) is 6.42 Å². The minimum Gasteiger partial charge on any atom is -0.481 e. The molecule has 0 saturated carbocycles. The lowest BCUT2D eigenvalue weighted by atomic mass is 9.92. The standard InChI is InChI=1S/C24H42O10/c1-2-3-4-5-6-7-8-9-10-11-12-13-14-15-16-17-20(27)33-21(22(28)34-32)24(31,23(29)30)18-19(25)26/h21,31-32H,2-18H2,1H3,(H,25,26)(H,29,30). The molecule has 10 nitrogen and oxygen atoms in total. The maximum Gasteiger partial charge on any atom is 0.385 e. The zero-order valence-electron chi connectivity index (χ0n) is 20.3. The van der Waals surface area contributed by atoms with Gasteiger partial charge in [-0.25, -0.2) is 9.59 Å². The number of aliphatic hydroxyl groups is 1. The summed E-state index contributed by atoms with van der Waals surface area (Å²) >= 11 is 0. The van der Waals surface area contributed by atoms with E-state index in [1.807, 2.05) is 0 Å². The number of hydrogen-bond acceptors (Lipinski definition) is 8. The summed E-state index contributed by atoms with van der Waals surface area (Å²) in [6, 6.07) is 0. The Morgan fingerprint density at radius 1 is 0.735 bits per heavy atom. The fourth-order valence-corrected chi connectivity index (χ4v) is 3.73. The van der Waals surface area contributed by atoms with E-state index in [2.05, 4.69) is 16.5 Å². The molecule has 10 heteroatoms. The maximum absolute atomic E-state index is 12.0. The van der Waals surface area contributed by atoms with Gasteiger partial charge in [-0.1, -0.05) is 96.8 Å². The van der Waals surface area contributed by atoms with E-state index in [0.29, 0.717) is 6.42 Å². The van der Waals surface area contributed by atoms with E-state index in [-0.39, 0.29) is 6.42 Å². The van der Waals surface area contributed by atoms with Crippen molar-refractivity contribution in [3.8, 4) is 0 Å². The highest BCUT2D eigenvalue weighted by Crippen LogP contribution is 2.22. The van der Waals surface area contributed by atoms with Crippen LogP contribution in [0, 0.1) is 0 Å². The first kappa shape index (κ1) is 31.8. The predicted molar refractivity (Wildman–Crippen MR) is 123 cm³/mol. The highest BCUT2D eigenvalue weighted by atomic mass is 17.1. The van der Waals surface area contributed by atoms with E-state index in [4.69, 9.17) is 15.5 Å². The fraction of sp³-hybridized carbons (Fsp3) is 0.833. The Kier molecular flexibility index (Phi) is 17.9. The maximum atomic E-state index is 12.0. The smallest absolute Gasteiger partial charge is 0.385 e. The van der Waals surface area contributed by atoms with Crippen LogP contribution in [0.1, 0.15) is 116 Å². The Morgan fingerprint density at radius 3 is 1.50 bits per heavy atom. The summed E-state index contributed by atoms with van der Waals surface area (Å²) in [6.07, 6.45) is 13.0. The van der Waals surface area contributed by atoms with E-state index < -0.39 is 42.0 Å². The molecule has 0 bridgehead atoms. The zero-order valence-corrected chi connectivity index (χ0v) is 20.3. The van der Waals surface area contributed by atoms with Crippen molar-refractivity contribution in [3.05, 3.63) is 0 Å². The monoisotopic (exact) mass is 490 g/mol. The van der Waals surface area contributed by atoms with Gasteiger partial charge in [-0.2, -0.15) is 5.26 Å². The van der Waals surface area contributed by atoms with Gasteiger partial charge in [0.15, 0.2) is 0 Å². The van der Waals surface area contributed by atoms with Crippen LogP contribution in [0.15, 0.2) is 0 Å². The molecule has 34 heavy (non-hydrogen) atoms. The first-order chi connectivity index (χ1) is 16.2. The molecule has 0 aromatic carbocycles. The zero-order chi connectivity index (χ0) is 25.8. The summed E-state index contributed by atoms with van der Waals surface area (Å²) in [5, 5.41) is 36.6. The number of esters is 1. The number of carboxylic acid groups (broad SMARTS) is 2. The number of carbonyl (C=O) groups excluding carboxylic acids is 2. The van der Waals surface area contributed by atoms with Crippen LogP contribution in [-0.4, -0.2) is 56.2 Å². The molecule has 0 saturated heterocycles. The Morgan fingerprint density at radius 2 is 1.15 bits per heavy atom. The summed E-state index contributed by atoms with van der Waals surface area (Å²) < 4.78 is 4.68. The summed E-state index contributed by atoms with van der Waals surface area (Å²) in [5.74, 6) is -6.64. The molecule has 0 aromatic heterocycles. The van der Waals surface area contributed by atoms with Gasteiger partial charge in [-0.15, -0.1) is 0 Å². The highest BCUT2D eigenvalue weighted by molar-refractivity contribution is 5.92. The quantitative estimate of drug-likeness (QED) is 0.0735. The average molecular weight is 491 g/mol. The fourth-order valence-electron chi connectivity index (χ4n) is 3.73. The number of aliphatic carboxylic acids is 2. The van der Waals surface area contributed by atoms with Crippen molar-refractivity contribution in [2.45, 2.75) is 128 Å². The normalized spacial score (nSPS) is 13.6. The van der Waals surface area contributed by atoms with Gasteiger partial charge < -0.3 is 20.1 Å². The number of hydrogen-bond donors (Lipinski definition) is 4. The van der Waals surface area contributed by atoms with Crippen LogP contribution in [0.3, 0.4) is 0 Å². The third-order valence-corrected chi connectivity index (χ3v) is 5.76. The van der Waals surface area contributed by atoms with Crippen molar-refractivity contribution in [1.82, 2.24) is 0 Å². The number of carbonyl (C=O) groups is 4. The third kappa shape index (κ3) is 14.1. The van der Waals surface area contributed by atoms with Crippen molar-refractivity contribution in [2.75, 3.05) is 0 Å². The minimum absolute atomic E-state index is 0.157. The molecule has 0 aliphatic carbocycles. The first-order valence-corrected chi connectivity index (χ1v) is 12.4. The van der Waals surface area contributed by atoms with Crippen LogP contribution in [0.5, 0.6) is 0 Å². The van der Waals surface area contributed by atoms with Gasteiger partial charge in [-0.3, -0.25) is 14.5 Å². The van der Waals surface area contributed by atoms with E-state index >= 15 is 0 Å². The Balaban J connectivity index is 4.06. The lowest BCUT2D eigenvalue weighted by molar-refractivity contribution is -0.254. The van der Waals surface area contributed by atoms with Crippen molar-refractivity contribution in [2.24, 2.45) is 0 Å². The molecule has 2 unspecified atom stereocenters. The first-order valence-electron chi connectivity index (χ1n) is 12.4. The topological polar surface area (TPSA) is 168 Å². The third-order valence-electron chi connectivity index (χ3n) is 5.76. The van der Waals surface area contributed by atoms with Gasteiger partial charge in [-0.05, 0) is 6.42 Å². The second-order valence-corrected chi connectivity index (χ2v) is 8.78. The van der Waals surface area contributed by atoms with Crippen LogP contribution < -0.4 is 0 Å². The molecule has 0 radical (unpaired) electrons. The van der Waals surface area contributed by atoms with Crippen LogP contribution >= 0.6 is 0 Å². The molecule has 0 aromatic rings. The molecule has 0 aliphatic heterocycles. The summed E-state index contributed by atoms with van der Waals surface area (Å²) in [6.45, 7) is 2.22. The van der Waals surface area contributed by atoms with Crippen LogP contribution in [0.2, 0.25) is 0 Å². The molecule has 0 rings (SSSR count). The average Bonchev–Trinajstić information content (AvgIpc) is 2.78.